The van der Waals surface area contributed by atoms with Gasteiger partial charge in [0.15, 0.2) is 0 Å². The summed E-state index contributed by atoms with van der Waals surface area (Å²) in [7, 11) is 0. The lowest BCUT2D eigenvalue weighted by Gasteiger charge is -2.52. The maximum atomic E-state index is 12.8. The fraction of sp³-hybridized carbons (Fsp3) is 0.429. The van der Waals surface area contributed by atoms with E-state index < -0.39 is 0 Å². The molecule has 3 aliphatic heterocycles. The van der Waals surface area contributed by atoms with Crippen LogP contribution < -0.4 is 4.74 Å². The van der Waals surface area contributed by atoms with E-state index in [-0.39, 0.29) is 17.6 Å². The molecule has 5 rings (SSSR count). The molecule has 1 aromatic heterocycles. The van der Waals surface area contributed by atoms with Crippen molar-refractivity contribution < 1.29 is 19.0 Å². The fourth-order valence-corrected chi connectivity index (χ4v) is 4.17. The third kappa shape index (κ3) is 3.19. The van der Waals surface area contributed by atoms with Gasteiger partial charge in [0.1, 0.15) is 11.7 Å². The van der Waals surface area contributed by atoms with Crippen LogP contribution in [0.2, 0.25) is 0 Å². The highest BCUT2D eigenvalue weighted by Gasteiger charge is 2.50. The van der Waals surface area contributed by atoms with Crippen molar-refractivity contribution in [2.75, 3.05) is 19.7 Å². The summed E-state index contributed by atoms with van der Waals surface area (Å²) in [5.41, 5.74) is 2.74. The lowest BCUT2D eigenvalue weighted by Crippen LogP contribution is -2.67. The van der Waals surface area contributed by atoms with Crippen molar-refractivity contribution in [3.63, 3.8) is 0 Å². The van der Waals surface area contributed by atoms with Gasteiger partial charge in [0.05, 0.1) is 32.9 Å². The minimum atomic E-state index is -0.285. The second-order valence-electron chi connectivity index (χ2n) is 7.57. The molecule has 1 spiro atoms. The molecule has 6 heteroatoms. The van der Waals surface area contributed by atoms with Crippen LogP contribution in [0.25, 0.3) is 0 Å². The topological polar surface area (TPSA) is 60.9 Å². The molecule has 27 heavy (non-hydrogen) atoms. The summed E-state index contributed by atoms with van der Waals surface area (Å²) in [5, 5.41) is 0. The second-order valence-corrected chi connectivity index (χ2v) is 7.57. The third-order valence-electron chi connectivity index (χ3n) is 5.59. The molecule has 6 nitrogen and oxygen atoms in total. The van der Waals surface area contributed by atoms with Gasteiger partial charge in [-0.25, -0.2) is 4.98 Å². The largest absolute Gasteiger partial charge is 0.474 e. The molecule has 2 saturated heterocycles. The van der Waals surface area contributed by atoms with E-state index in [2.05, 4.69) is 4.98 Å². The van der Waals surface area contributed by atoms with Gasteiger partial charge in [-0.1, -0.05) is 12.1 Å². The van der Waals surface area contributed by atoms with Gasteiger partial charge in [-0.2, -0.15) is 0 Å². The average molecular weight is 366 g/mol. The number of likely N-dealkylation sites (tertiary alicyclic amines) is 1. The Kier molecular flexibility index (Phi) is 4.10. The molecule has 0 saturated carbocycles. The molecule has 2 aromatic rings. The van der Waals surface area contributed by atoms with Gasteiger partial charge in [-0.15, -0.1) is 0 Å². The lowest BCUT2D eigenvalue weighted by atomic mass is 9.84. The van der Waals surface area contributed by atoms with Crippen molar-refractivity contribution in [3.8, 4) is 5.88 Å². The molecule has 0 unspecified atom stereocenters. The molecule has 0 aliphatic carbocycles. The summed E-state index contributed by atoms with van der Waals surface area (Å²) < 4.78 is 17.5. The van der Waals surface area contributed by atoms with Gasteiger partial charge in [0.25, 0.3) is 5.91 Å². The van der Waals surface area contributed by atoms with Crippen molar-refractivity contribution in [1.82, 2.24) is 9.88 Å². The minimum absolute atomic E-state index is 0.0618. The Balaban J connectivity index is 1.22. The second kappa shape index (κ2) is 6.62. The maximum absolute atomic E-state index is 12.8. The van der Waals surface area contributed by atoms with E-state index >= 15 is 0 Å². The summed E-state index contributed by atoms with van der Waals surface area (Å²) in [4.78, 5) is 18.9. The summed E-state index contributed by atoms with van der Waals surface area (Å²) in [6.07, 6.45) is 3.43. The van der Waals surface area contributed by atoms with Crippen LogP contribution in [0.1, 0.15) is 34.3 Å². The van der Waals surface area contributed by atoms with Gasteiger partial charge in [-0.05, 0) is 29.3 Å². The average Bonchev–Trinajstić information content (AvgIpc) is 3.14. The number of aromatic nitrogens is 1. The Morgan fingerprint density at radius 1 is 1.19 bits per heavy atom. The summed E-state index contributed by atoms with van der Waals surface area (Å²) in [5.74, 6) is 0.707. The molecule has 2 fully saturated rings. The molecule has 0 N–H and O–H groups in total. The first-order chi connectivity index (χ1) is 13.2. The number of ether oxygens (including phenoxy) is 3. The fourth-order valence-electron chi connectivity index (χ4n) is 4.17. The standard InChI is InChI=1S/C21H22N2O4/c24-20(15-4-5-16-11-25-12-17(16)9-15)23-13-21(14-23)10-18(6-8-26-21)27-19-3-1-2-7-22-19/h1-5,7,9,18H,6,8,10-14H2/t18-/m1/s1. The van der Waals surface area contributed by atoms with E-state index in [9.17, 15) is 4.79 Å². The number of hydrogen-bond donors (Lipinski definition) is 0. The summed E-state index contributed by atoms with van der Waals surface area (Å²) in [6.45, 7) is 3.11. The number of amides is 1. The van der Waals surface area contributed by atoms with Crippen molar-refractivity contribution in [3.05, 3.63) is 59.3 Å². The van der Waals surface area contributed by atoms with Crippen LogP contribution in [0.15, 0.2) is 42.6 Å². The Morgan fingerprint density at radius 3 is 2.93 bits per heavy atom. The first-order valence-corrected chi connectivity index (χ1v) is 9.41. The van der Waals surface area contributed by atoms with E-state index in [1.807, 2.05) is 41.3 Å². The number of rotatable bonds is 3. The number of benzene rings is 1. The first-order valence-electron chi connectivity index (χ1n) is 9.41. The zero-order valence-electron chi connectivity index (χ0n) is 15.1. The Morgan fingerprint density at radius 2 is 2.07 bits per heavy atom. The zero-order valence-corrected chi connectivity index (χ0v) is 15.1. The van der Waals surface area contributed by atoms with Gasteiger partial charge in [0, 0.05) is 30.7 Å². The van der Waals surface area contributed by atoms with Crippen LogP contribution in [-0.4, -0.2) is 47.2 Å². The van der Waals surface area contributed by atoms with Gasteiger partial charge in [0.2, 0.25) is 5.88 Å². The van der Waals surface area contributed by atoms with Gasteiger partial charge >= 0.3 is 0 Å². The molecule has 0 bridgehead atoms. The molecule has 0 radical (unpaired) electrons. The van der Waals surface area contributed by atoms with Crippen LogP contribution in [-0.2, 0) is 22.7 Å². The van der Waals surface area contributed by atoms with Crippen molar-refractivity contribution in [2.45, 2.75) is 37.8 Å². The number of nitrogens with zero attached hydrogens (tertiary/aromatic N) is 2. The van der Waals surface area contributed by atoms with E-state index in [0.717, 1.165) is 24.0 Å². The monoisotopic (exact) mass is 366 g/mol. The normalized spacial score (nSPS) is 23.0. The van der Waals surface area contributed by atoms with E-state index in [1.54, 1.807) is 6.20 Å². The van der Waals surface area contributed by atoms with Crippen molar-refractivity contribution in [2.24, 2.45) is 0 Å². The predicted molar refractivity (Wildman–Crippen MR) is 97.4 cm³/mol. The molecule has 1 aromatic carbocycles. The SMILES string of the molecule is O=C(c1ccc2c(c1)COC2)N1CC2(C[C@H](Oc3ccccn3)CCO2)C1. The highest BCUT2D eigenvalue weighted by Crippen LogP contribution is 2.36. The summed E-state index contributed by atoms with van der Waals surface area (Å²) >= 11 is 0. The number of fused-ring (bicyclic) bond motifs is 1. The molecular formula is C21H22N2O4. The molecular weight excluding hydrogens is 344 g/mol. The lowest BCUT2D eigenvalue weighted by molar-refractivity contribution is -0.174. The Hall–Kier alpha value is -2.44. The van der Waals surface area contributed by atoms with Crippen molar-refractivity contribution >= 4 is 5.91 Å². The number of hydrogen-bond acceptors (Lipinski definition) is 5. The van der Waals surface area contributed by atoms with Crippen LogP contribution in [0.5, 0.6) is 5.88 Å². The highest BCUT2D eigenvalue weighted by molar-refractivity contribution is 5.95. The van der Waals surface area contributed by atoms with Crippen LogP contribution in [0.4, 0.5) is 0 Å². The predicted octanol–water partition coefficient (Wildman–Crippen LogP) is 2.56. The Labute approximate surface area is 158 Å². The van der Waals surface area contributed by atoms with Crippen LogP contribution >= 0.6 is 0 Å². The third-order valence-corrected chi connectivity index (χ3v) is 5.59. The van der Waals surface area contributed by atoms with Crippen LogP contribution in [0.3, 0.4) is 0 Å². The minimum Gasteiger partial charge on any atom is -0.474 e. The van der Waals surface area contributed by atoms with E-state index in [4.69, 9.17) is 14.2 Å². The van der Waals surface area contributed by atoms with Crippen LogP contribution in [0, 0.1) is 0 Å². The molecule has 3 aliphatic rings. The van der Waals surface area contributed by atoms with Gasteiger partial charge in [-0.3, -0.25) is 4.79 Å². The molecule has 4 heterocycles. The number of carbonyl (C=O) groups is 1. The smallest absolute Gasteiger partial charge is 0.254 e. The van der Waals surface area contributed by atoms with E-state index in [0.29, 0.717) is 38.8 Å². The number of pyridine rings is 1. The molecule has 1 atom stereocenters. The summed E-state index contributed by atoms with van der Waals surface area (Å²) in [6, 6.07) is 11.5. The quantitative estimate of drug-likeness (QED) is 0.836. The maximum Gasteiger partial charge on any atom is 0.254 e. The Bertz CT molecular complexity index is 849. The first kappa shape index (κ1) is 16.7. The molecule has 1 amide bonds. The van der Waals surface area contributed by atoms with Gasteiger partial charge < -0.3 is 19.1 Å². The molecule has 140 valence electrons. The number of carbonyl (C=O) groups excluding carboxylic acids is 1. The zero-order chi connectivity index (χ0) is 18.3. The van der Waals surface area contributed by atoms with Crippen molar-refractivity contribution in [1.29, 1.82) is 0 Å². The van der Waals surface area contributed by atoms with E-state index in [1.165, 1.54) is 5.56 Å². The highest BCUT2D eigenvalue weighted by atomic mass is 16.5.